The molecule has 208 valence electrons. The van der Waals surface area contributed by atoms with E-state index in [2.05, 4.69) is 21.2 Å². The summed E-state index contributed by atoms with van der Waals surface area (Å²) in [4.78, 5) is 56.1. The summed E-state index contributed by atoms with van der Waals surface area (Å²) in [5.74, 6) is -2.14. The topological polar surface area (TPSA) is 88.5 Å². The summed E-state index contributed by atoms with van der Waals surface area (Å²) in [6.07, 6.45) is 0. The van der Waals surface area contributed by atoms with Gasteiger partial charge in [-0.1, -0.05) is 106 Å². The van der Waals surface area contributed by atoms with E-state index in [4.69, 9.17) is 0 Å². The number of benzene rings is 4. The standard InChI is InChI=1S/C32H22BrN3O4S2/c33-20-13-15-21(16-14-20)36-29(38)26-25(19-8-2-1-3-9-19)28-31(41-27(26)30(36)39)35(32(40)42-28)17-24(37)34-23-12-6-10-18-7-4-5-11-22(18)23/h1-16,25-27H,17H2,(H,34,37). The van der Waals surface area contributed by atoms with Crippen LogP contribution in [0, 0.1) is 5.92 Å². The summed E-state index contributed by atoms with van der Waals surface area (Å²) in [5.41, 5.74) is 2.01. The molecule has 3 amide bonds. The van der Waals surface area contributed by atoms with Crippen molar-refractivity contribution in [1.82, 2.24) is 4.57 Å². The van der Waals surface area contributed by atoms with Crippen molar-refractivity contribution in [2.45, 2.75) is 22.7 Å². The molecule has 1 N–H and O–H groups in total. The molecule has 2 aliphatic rings. The average molecular weight is 657 g/mol. The van der Waals surface area contributed by atoms with Gasteiger partial charge in [-0.25, -0.2) is 4.90 Å². The van der Waals surface area contributed by atoms with Crippen molar-refractivity contribution in [3.05, 3.63) is 122 Å². The van der Waals surface area contributed by atoms with Crippen LogP contribution in [-0.2, 0) is 20.9 Å². The van der Waals surface area contributed by atoms with E-state index in [9.17, 15) is 19.2 Å². The van der Waals surface area contributed by atoms with E-state index in [0.717, 1.165) is 32.1 Å². The number of hydrogen-bond acceptors (Lipinski definition) is 6. The smallest absolute Gasteiger partial charge is 0.308 e. The molecule has 0 radical (unpaired) electrons. The van der Waals surface area contributed by atoms with E-state index < -0.39 is 17.1 Å². The number of imide groups is 1. The number of anilines is 2. The van der Waals surface area contributed by atoms with E-state index in [-0.39, 0.29) is 29.1 Å². The Hall–Kier alpha value is -3.99. The van der Waals surface area contributed by atoms with Crippen LogP contribution < -0.4 is 15.1 Å². The minimum Gasteiger partial charge on any atom is -0.324 e. The third-order valence-corrected chi connectivity index (χ3v) is 10.8. The summed E-state index contributed by atoms with van der Waals surface area (Å²) < 4.78 is 2.28. The Labute approximate surface area is 257 Å². The normalized spacial score (nSPS) is 19.5. The van der Waals surface area contributed by atoms with Crippen LogP contribution in [0.25, 0.3) is 10.8 Å². The Morgan fingerprint density at radius 2 is 1.55 bits per heavy atom. The maximum absolute atomic E-state index is 13.9. The monoisotopic (exact) mass is 655 g/mol. The minimum absolute atomic E-state index is 0.210. The number of amides is 3. The molecule has 3 heterocycles. The van der Waals surface area contributed by atoms with Crippen LogP contribution in [0.3, 0.4) is 0 Å². The molecule has 2 aliphatic heterocycles. The highest BCUT2D eigenvalue weighted by Gasteiger charge is 2.56. The van der Waals surface area contributed by atoms with Crippen molar-refractivity contribution in [1.29, 1.82) is 0 Å². The lowest BCUT2D eigenvalue weighted by Crippen LogP contribution is -2.33. The molecule has 0 saturated carbocycles. The lowest BCUT2D eigenvalue weighted by molar-refractivity contribution is -0.122. The van der Waals surface area contributed by atoms with Crippen molar-refractivity contribution in [3.8, 4) is 0 Å². The van der Waals surface area contributed by atoms with Crippen LogP contribution in [0.15, 0.2) is 111 Å². The van der Waals surface area contributed by atoms with E-state index in [1.807, 2.05) is 72.8 Å². The Balaban J connectivity index is 1.27. The van der Waals surface area contributed by atoms with Gasteiger partial charge < -0.3 is 5.32 Å². The summed E-state index contributed by atoms with van der Waals surface area (Å²) in [6.45, 7) is -0.210. The van der Waals surface area contributed by atoms with Gasteiger partial charge in [-0.05, 0) is 41.3 Å². The van der Waals surface area contributed by atoms with Crippen LogP contribution in [0.2, 0.25) is 0 Å². The maximum atomic E-state index is 13.9. The quantitative estimate of drug-likeness (QED) is 0.226. The Kier molecular flexibility index (Phi) is 6.84. The number of thioether (sulfide) groups is 1. The number of carbonyl (C=O) groups excluding carboxylic acids is 3. The number of aromatic nitrogens is 1. The van der Waals surface area contributed by atoms with Crippen LogP contribution in [0.1, 0.15) is 16.4 Å². The zero-order valence-electron chi connectivity index (χ0n) is 21.9. The first-order valence-corrected chi connectivity index (χ1v) is 15.8. The molecule has 0 spiro atoms. The van der Waals surface area contributed by atoms with Gasteiger partial charge in [0, 0.05) is 26.3 Å². The van der Waals surface area contributed by atoms with E-state index in [0.29, 0.717) is 21.3 Å². The number of thiazole rings is 1. The van der Waals surface area contributed by atoms with Gasteiger partial charge >= 0.3 is 4.87 Å². The predicted octanol–water partition coefficient (Wildman–Crippen LogP) is 6.26. The minimum atomic E-state index is -0.736. The number of carbonyl (C=O) groups is 3. The lowest BCUT2D eigenvalue weighted by Gasteiger charge is -2.30. The van der Waals surface area contributed by atoms with Crippen molar-refractivity contribution in [2.75, 3.05) is 10.2 Å². The molecular weight excluding hydrogens is 634 g/mol. The second kappa shape index (κ2) is 10.7. The molecule has 7 nitrogen and oxygen atoms in total. The zero-order valence-corrected chi connectivity index (χ0v) is 25.1. The molecule has 1 fully saturated rings. The predicted molar refractivity (Wildman–Crippen MR) is 169 cm³/mol. The number of rotatable bonds is 5. The molecule has 42 heavy (non-hydrogen) atoms. The molecule has 0 bridgehead atoms. The molecule has 3 unspecified atom stereocenters. The molecular formula is C32H22BrN3O4S2. The average Bonchev–Trinajstić information content (AvgIpc) is 3.44. The fourth-order valence-electron chi connectivity index (χ4n) is 5.79. The van der Waals surface area contributed by atoms with Crippen LogP contribution in [-0.4, -0.2) is 27.5 Å². The van der Waals surface area contributed by atoms with Gasteiger partial charge in [0.25, 0.3) is 0 Å². The largest absolute Gasteiger partial charge is 0.324 e. The Morgan fingerprint density at radius 3 is 2.33 bits per heavy atom. The number of nitrogens with one attached hydrogen (secondary N) is 1. The second-order valence-corrected chi connectivity index (χ2v) is 13.2. The molecule has 10 heteroatoms. The van der Waals surface area contributed by atoms with Crippen molar-refractivity contribution >= 4 is 78.9 Å². The summed E-state index contributed by atoms with van der Waals surface area (Å²) >= 11 is 5.66. The third-order valence-electron chi connectivity index (χ3n) is 7.66. The van der Waals surface area contributed by atoms with Crippen LogP contribution >= 0.6 is 39.0 Å². The SMILES string of the molecule is O=C(Cn1c2c(sc1=O)C(c1ccccc1)C1C(=O)N(c3ccc(Br)cc3)C(=O)C1S2)Nc1cccc2ccccc12. The first-order chi connectivity index (χ1) is 20.4. The molecule has 1 saturated heterocycles. The molecule has 3 atom stereocenters. The number of hydrogen-bond donors (Lipinski definition) is 1. The van der Waals surface area contributed by atoms with Crippen molar-refractivity contribution in [2.24, 2.45) is 5.92 Å². The Morgan fingerprint density at radius 1 is 0.833 bits per heavy atom. The number of fused-ring (bicyclic) bond motifs is 3. The van der Waals surface area contributed by atoms with Gasteiger partial charge in [-0.15, -0.1) is 0 Å². The number of halogens is 1. The van der Waals surface area contributed by atoms with Gasteiger partial charge in [-0.2, -0.15) is 0 Å². The van der Waals surface area contributed by atoms with Crippen molar-refractivity contribution in [3.63, 3.8) is 0 Å². The highest BCUT2D eigenvalue weighted by Crippen LogP contribution is 2.53. The van der Waals surface area contributed by atoms with Crippen LogP contribution in [0.4, 0.5) is 11.4 Å². The molecule has 7 rings (SSSR count). The molecule has 4 aromatic carbocycles. The highest BCUT2D eigenvalue weighted by molar-refractivity contribution is 9.10. The fourth-order valence-corrected chi connectivity index (χ4v) is 8.82. The summed E-state index contributed by atoms with van der Waals surface area (Å²) in [5, 5.41) is 4.68. The van der Waals surface area contributed by atoms with Gasteiger partial charge in [-0.3, -0.25) is 23.7 Å². The van der Waals surface area contributed by atoms with E-state index >= 15 is 0 Å². The Bertz CT molecular complexity index is 1930. The molecule has 5 aromatic rings. The zero-order chi connectivity index (χ0) is 29.0. The first kappa shape index (κ1) is 26.9. The first-order valence-electron chi connectivity index (χ1n) is 13.3. The van der Waals surface area contributed by atoms with Gasteiger partial charge in [0.1, 0.15) is 11.8 Å². The maximum Gasteiger partial charge on any atom is 0.308 e. The highest BCUT2D eigenvalue weighted by atomic mass is 79.9. The summed E-state index contributed by atoms with van der Waals surface area (Å²) in [7, 11) is 0. The van der Waals surface area contributed by atoms with Gasteiger partial charge in [0.15, 0.2) is 0 Å². The van der Waals surface area contributed by atoms with E-state index in [1.54, 1.807) is 24.3 Å². The van der Waals surface area contributed by atoms with E-state index in [1.165, 1.54) is 21.2 Å². The molecule has 1 aromatic heterocycles. The lowest BCUT2D eigenvalue weighted by atomic mass is 9.83. The van der Waals surface area contributed by atoms with Crippen LogP contribution in [0.5, 0.6) is 0 Å². The second-order valence-electron chi connectivity index (χ2n) is 10.1. The fraction of sp³-hybridized carbons (Fsp3) is 0.125. The number of nitrogens with zero attached hydrogens (tertiary/aromatic N) is 2. The molecule has 0 aliphatic carbocycles. The van der Waals surface area contributed by atoms with Gasteiger partial charge in [0.05, 0.1) is 16.6 Å². The van der Waals surface area contributed by atoms with Gasteiger partial charge in [0.2, 0.25) is 17.7 Å². The third kappa shape index (κ3) is 4.50. The summed E-state index contributed by atoms with van der Waals surface area (Å²) in [6, 6.07) is 30.0. The van der Waals surface area contributed by atoms with Crippen molar-refractivity contribution < 1.29 is 14.4 Å².